The number of nitrogens with zero attached hydrogens (tertiary/aromatic N) is 2. The summed E-state index contributed by atoms with van der Waals surface area (Å²) >= 11 is 1.13. The van der Waals surface area contributed by atoms with Crippen molar-refractivity contribution in [2.45, 2.75) is 28.3 Å². The number of methoxy groups -OCH3 is 2. The number of thioether (sulfide) groups is 1. The second kappa shape index (κ2) is 15.5. The third-order valence-electron chi connectivity index (χ3n) is 5.22. The van der Waals surface area contributed by atoms with Crippen molar-refractivity contribution in [2.24, 2.45) is 21.5 Å². The number of guanidine groups is 1. The number of hydrogen-bond acceptors (Lipinski definition) is 11. The topological polar surface area (TPSA) is 208 Å². The SMILES string of the molecule is COc1ccc(S(=O)(=O)NC(N)=N[C@H](/C=C/CCN=C(NS(=O)(=O)c2ccc(OC)cc2)SC)[C@@H](N)CO)cc1. The Hall–Kier alpha value is -3.31. The molecule has 0 bridgehead atoms. The quantitative estimate of drug-likeness (QED) is 0.0920. The normalized spacial score (nSPS) is 14.5. The van der Waals surface area contributed by atoms with Crippen LogP contribution in [0.3, 0.4) is 0 Å². The first-order valence-corrected chi connectivity index (χ1v) is 15.9. The number of nitrogens with two attached hydrogens (primary N) is 2. The van der Waals surface area contributed by atoms with E-state index < -0.39 is 44.7 Å². The molecule has 0 saturated heterocycles. The molecule has 0 aliphatic heterocycles. The fourth-order valence-corrected chi connectivity index (χ4v) is 5.80. The minimum absolute atomic E-state index is 0.0462. The Morgan fingerprint density at radius 2 is 1.48 bits per heavy atom. The highest BCUT2D eigenvalue weighted by molar-refractivity contribution is 8.14. The van der Waals surface area contributed by atoms with E-state index in [2.05, 4.69) is 19.4 Å². The molecule has 2 rings (SSSR count). The lowest BCUT2D eigenvalue weighted by Crippen LogP contribution is -2.41. The van der Waals surface area contributed by atoms with Gasteiger partial charge in [0, 0.05) is 6.54 Å². The van der Waals surface area contributed by atoms with E-state index in [1.165, 1.54) is 50.6 Å². The number of hydrogen-bond donors (Lipinski definition) is 5. The van der Waals surface area contributed by atoms with Crippen LogP contribution < -0.4 is 30.4 Å². The standard InChI is InChI=1S/C24H34N6O7S3/c1-36-17-7-11-19(12-8-17)39(32,33)29-23(26)28-22(21(25)16-31)6-4-5-15-27-24(38-3)30-40(34,35)20-13-9-18(37-2)10-14-20/h4,6-14,21-22,31H,5,15-16,25H2,1-3H3,(H,27,30)(H3,26,28,29)/b6-4+/t21-,22+/m0/s1. The van der Waals surface area contributed by atoms with Gasteiger partial charge in [-0.15, -0.1) is 0 Å². The van der Waals surface area contributed by atoms with Crippen molar-refractivity contribution >= 4 is 42.9 Å². The Morgan fingerprint density at radius 1 is 0.975 bits per heavy atom. The number of nitrogens with one attached hydrogen (secondary N) is 2. The third kappa shape index (κ3) is 10.0. The van der Waals surface area contributed by atoms with Gasteiger partial charge < -0.3 is 26.0 Å². The van der Waals surface area contributed by atoms with Gasteiger partial charge >= 0.3 is 0 Å². The number of rotatable bonds is 13. The number of ether oxygens (including phenoxy) is 2. The number of sulfonamides is 2. The van der Waals surface area contributed by atoms with Crippen molar-refractivity contribution in [2.75, 3.05) is 33.6 Å². The van der Waals surface area contributed by atoms with Gasteiger partial charge in [0.2, 0.25) is 5.96 Å². The van der Waals surface area contributed by atoms with Gasteiger partial charge in [0.1, 0.15) is 11.5 Å². The van der Waals surface area contributed by atoms with Crippen molar-refractivity contribution < 1.29 is 31.4 Å². The summed E-state index contributed by atoms with van der Waals surface area (Å²) in [7, 11) is -4.90. The molecule has 13 nitrogen and oxygen atoms in total. The molecular weight excluding hydrogens is 581 g/mol. The first-order chi connectivity index (χ1) is 18.9. The Bertz CT molecular complexity index is 1400. The highest BCUT2D eigenvalue weighted by Crippen LogP contribution is 2.17. The summed E-state index contributed by atoms with van der Waals surface area (Å²) in [4.78, 5) is 8.40. The zero-order valence-electron chi connectivity index (χ0n) is 22.2. The molecule has 0 heterocycles. The number of benzene rings is 2. The van der Waals surface area contributed by atoms with Crippen LogP contribution in [0.5, 0.6) is 11.5 Å². The van der Waals surface area contributed by atoms with Gasteiger partial charge in [0.25, 0.3) is 20.0 Å². The molecule has 2 aromatic rings. The molecule has 0 unspecified atom stereocenters. The van der Waals surface area contributed by atoms with Gasteiger partial charge in [0.05, 0.1) is 42.7 Å². The van der Waals surface area contributed by atoms with E-state index in [0.29, 0.717) is 17.9 Å². The summed E-state index contributed by atoms with van der Waals surface area (Å²) in [6.45, 7) is -0.207. The second-order valence-electron chi connectivity index (χ2n) is 8.02. The molecule has 0 amide bonds. The van der Waals surface area contributed by atoms with Crippen molar-refractivity contribution in [1.82, 2.24) is 9.44 Å². The van der Waals surface area contributed by atoms with Crippen LogP contribution in [-0.2, 0) is 20.0 Å². The Morgan fingerprint density at radius 3 is 1.93 bits per heavy atom. The molecule has 0 saturated carbocycles. The van der Waals surface area contributed by atoms with E-state index in [4.69, 9.17) is 20.9 Å². The minimum Gasteiger partial charge on any atom is -0.497 e. The van der Waals surface area contributed by atoms with Crippen LogP contribution in [0.4, 0.5) is 0 Å². The van der Waals surface area contributed by atoms with Crippen LogP contribution in [0.15, 0.2) is 80.5 Å². The molecule has 2 atom stereocenters. The van der Waals surface area contributed by atoms with E-state index in [1.54, 1.807) is 30.5 Å². The zero-order valence-corrected chi connectivity index (χ0v) is 24.7. The van der Waals surface area contributed by atoms with Gasteiger partial charge in [-0.05, 0) is 61.2 Å². The second-order valence-corrected chi connectivity index (χ2v) is 12.2. The van der Waals surface area contributed by atoms with Crippen molar-refractivity contribution in [3.05, 3.63) is 60.7 Å². The maximum atomic E-state index is 12.6. The predicted molar refractivity (Wildman–Crippen MR) is 157 cm³/mol. The smallest absolute Gasteiger partial charge is 0.264 e. The van der Waals surface area contributed by atoms with E-state index in [9.17, 15) is 21.9 Å². The van der Waals surface area contributed by atoms with Crippen LogP contribution in [-0.4, -0.2) is 78.8 Å². The van der Waals surface area contributed by atoms with Crippen LogP contribution in [0.2, 0.25) is 0 Å². The minimum atomic E-state index is -4.01. The van der Waals surface area contributed by atoms with Gasteiger partial charge in [-0.2, -0.15) is 0 Å². The molecule has 40 heavy (non-hydrogen) atoms. The zero-order chi connectivity index (χ0) is 29.8. The Kier molecular flexibility index (Phi) is 12.7. The molecule has 2 aromatic carbocycles. The highest BCUT2D eigenvalue weighted by atomic mass is 32.2. The average molecular weight is 615 g/mol. The summed E-state index contributed by atoms with van der Waals surface area (Å²) in [5, 5.41) is 9.70. The number of aliphatic hydroxyl groups is 1. The maximum absolute atomic E-state index is 12.6. The molecule has 220 valence electrons. The monoisotopic (exact) mass is 614 g/mol. The Balaban J connectivity index is 2.04. The molecule has 0 radical (unpaired) electrons. The van der Waals surface area contributed by atoms with Gasteiger partial charge in [-0.1, -0.05) is 23.9 Å². The number of aliphatic hydroxyl groups excluding tert-OH is 1. The summed E-state index contributed by atoms with van der Waals surface area (Å²) in [6.07, 6.45) is 5.29. The summed E-state index contributed by atoms with van der Waals surface area (Å²) < 4.78 is 65.1. The molecule has 0 aliphatic rings. The molecule has 0 aliphatic carbocycles. The van der Waals surface area contributed by atoms with Crippen molar-refractivity contribution in [3.8, 4) is 11.5 Å². The molecule has 7 N–H and O–H groups in total. The van der Waals surface area contributed by atoms with E-state index in [0.717, 1.165) is 11.8 Å². The maximum Gasteiger partial charge on any atom is 0.264 e. The first-order valence-electron chi connectivity index (χ1n) is 11.7. The van der Waals surface area contributed by atoms with Crippen molar-refractivity contribution in [3.63, 3.8) is 0 Å². The van der Waals surface area contributed by atoms with Crippen molar-refractivity contribution in [1.29, 1.82) is 0 Å². The van der Waals surface area contributed by atoms with Crippen LogP contribution in [0.1, 0.15) is 6.42 Å². The lowest BCUT2D eigenvalue weighted by Gasteiger charge is -2.16. The van der Waals surface area contributed by atoms with Crippen LogP contribution in [0.25, 0.3) is 0 Å². The summed E-state index contributed by atoms with van der Waals surface area (Å²) in [5.41, 5.74) is 11.8. The fraction of sp³-hybridized carbons (Fsp3) is 0.333. The van der Waals surface area contributed by atoms with Crippen LogP contribution >= 0.6 is 11.8 Å². The lowest BCUT2D eigenvalue weighted by atomic mass is 10.1. The molecular formula is C24H34N6O7S3. The summed E-state index contributed by atoms with van der Waals surface area (Å²) in [5.74, 6) is 0.609. The van der Waals surface area contributed by atoms with E-state index >= 15 is 0 Å². The average Bonchev–Trinajstić information content (AvgIpc) is 2.94. The molecule has 0 spiro atoms. The van der Waals surface area contributed by atoms with Gasteiger partial charge in [0.15, 0.2) is 5.17 Å². The summed E-state index contributed by atoms with van der Waals surface area (Å²) in [6, 6.07) is 9.92. The van der Waals surface area contributed by atoms with Gasteiger partial charge in [-0.3, -0.25) is 9.71 Å². The van der Waals surface area contributed by atoms with Gasteiger partial charge in [-0.25, -0.2) is 26.6 Å². The molecule has 0 fully saturated rings. The molecule has 16 heteroatoms. The fourth-order valence-electron chi connectivity index (χ4n) is 3.07. The van der Waals surface area contributed by atoms with E-state index in [-0.39, 0.29) is 21.5 Å². The number of aliphatic imine (C=N–C) groups is 2. The first kappa shape index (κ1) is 32.9. The highest BCUT2D eigenvalue weighted by Gasteiger charge is 2.19. The number of amidine groups is 1. The van der Waals surface area contributed by atoms with Crippen LogP contribution in [0, 0.1) is 0 Å². The largest absolute Gasteiger partial charge is 0.497 e. The van der Waals surface area contributed by atoms with E-state index in [1.807, 2.05) is 0 Å². The molecule has 0 aromatic heterocycles. The predicted octanol–water partition coefficient (Wildman–Crippen LogP) is 0.629. The third-order valence-corrected chi connectivity index (χ3v) is 8.69. The Labute approximate surface area is 238 Å². The lowest BCUT2D eigenvalue weighted by molar-refractivity contribution is 0.258.